The minimum Gasteiger partial charge on any atom is -0.497 e. The molecule has 2 heterocycles. The second-order valence-electron chi connectivity index (χ2n) is 6.38. The number of aromatic nitrogens is 2. The molecule has 25 heavy (non-hydrogen) atoms. The topological polar surface area (TPSA) is 57.5 Å². The van der Waals surface area contributed by atoms with Crippen LogP contribution in [0.5, 0.6) is 11.5 Å². The van der Waals surface area contributed by atoms with E-state index >= 15 is 0 Å². The summed E-state index contributed by atoms with van der Waals surface area (Å²) >= 11 is 0. The minimum atomic E-state index is 0.190. The SMILES string of the molecule is COc1ccc(CN[C@@H](c2nccn2C)C2CCOCC2)c(OC)c1. The summed E-state index contributed by atoms with van der Waals surface area (Å²) in [7, 11) is 5.40. The summed E-state index contributed by atoms with van der Waals surface area (Å²) < 4.78 is 18.4. The monoisotopic (exact) mass is 345 g/mol. The molecule has 1 aromatic carbocycles. The predicted molar refractivity (Wildman–Crippen MR) is 95.9 cm³/mol. The van der Waals surface area contributed by atoms with E-state index in [9.17, 15) is 0 Å². The van der Waals surface area contributed by atoms with Crippen LogP contribution in [0.3, 0.4) is 0 Å². The molecule has 2 aromatic rings. The molecule has 0 spiro atoms. The first-order chi connectivity index (χ1) is 12.2. The Kier molecular flexibility index (Phi) is 5.94. The molecule has 1 atom stereocenters. The zero-order chi connectivity index (χ0) is 17.6. The van der Waals surface area contributed by atoms with Gasteiger partial charge in [0.25, 0.3) is 0 Å². The van der Waals surface area contributed by atoms with E-state index in [4.69, 9.17) is 14.2 Å². The van der Waals surface area contributed by atoms with Gasteiger partial charge in [0.1, 0.15) is 17.3 Å². The first-order valence-corrected chi connectivity index (χ1v) is 8.72. The number of hydrogen-bond donors (Lipinski definition) is 1. The van der Waals surface area contributed by atoms with Gasteiger partial charge >= 0.3 is 0 Å². The Morgan fingerprint density at radius 3 is 2.72 bits per heavy atom. The maximum absolute atomic E-state index is 5.53. The number of ether oxygens (including phenoxy) is 3. The smallest absolute Gasteiger partial charge is 0.127 e. The van der Waals surface area contributed by atoms with Crippen LogP contribution in [-0.2, 0) is 18.3 Å². The fraction of sp³-hybridized carbons (Fsp3) is 0.526. The molecule has 1 aromatic heterocycles. The highest BCUT2D eigenvalue weighted by Crippen LogP contribution is 2.31. The highest BCUT2D eigenvalue weighted by molar-refractivity contribution is 5.40. The number of nitrogens with one attached hydrogen (secondary N) is 1. The maximum atomic E-state index is 5.53. The van der Waals surface area contributed by atoms with E-state index in [1.54, 1.807) is 14.2 Å². The lowest BCUT2D eigenvalue weighted by molar-refractivity contribution is 0.0518. The first-order valence-electron chi connectivity index (χ1n) is 8.72. The number of methoxy groups -OCH3 is 2. The molecule has 1 aliphatic rings. The second-order valence-corrected chi connectivity index (χ2v) is 6.38. The van der Waals surface area contributed by atoms with E-state index in [0.717, 1.165) is 48.9 Å². The summed E-state index contributed by atoms with van der Waals surface area (Å²) in [5.74, 6) is 3.21. The summed E-state index contributed by atoms with van der Waals surface area (Å²) in [6, 6.07) is 6.12. The summed E-state index contributed by atoms with van der Waals surface area (Å²) in [6.45, 7) is 2.35. The number of benzene rings is 1. The molecule has 0 aliphatic carbocycles. The summed E-state index contributed by atoms with van der Waals surface area (Å²) in [6.07, 6.45) is 5.95. The van der Waals surface area contributed by atoms with E-state index < -0.39 is 0 Å². The Labute approximate surface area is 149 Å². The molecule has 1 N–H and O–H groups in total. The molecule has 0 amide bonds. The standard InChI is InChI=1S/C19H27N3O3/c1-22-9-8-20-19(22)18(14-6-10-25-11-7-14)21-13-15-4-5-16(23-2)12-17(15)24-3/h4-5,8-9,12,14,18,21H,6-7,10-11,13H2,1-3H3/t18-/m1/s1. The molecule has 0 saturated carbocycles. The molecular weight excluding hydrogens is 318 g/mol. The van der Waals surface area contributed by atoms with Gasteiger partial charge in [0.05, 0.1) is 20.3 Å². The fourth-order valence-corrected chi connectivity index (χ4v) is 3.41. The van der Waals surface area contributed by atoms with Crippen LogP contribution in [-0.4, -0.2) is 37.0 Å². The summed E-state index contributed by atoms with van der Waals surface area (Å²) in [5, 5.41) is 3.70. The van der Waals surface area contributed by atoms with Crippen LogP contribution in [0.2, 0.25) is 0 Å². The van der Waals surface area contributed by atoms with Crippen LogP contribution in [0.25, 0.3) is 0 Å². The van der Waals surface area contributed by atoms with Gasteiger partial charge in [-0.15, -0.1) is 0 Å². The van der Waals surface area contributed by atoms with Crippen molar-refractivity contribution in [3.05, 3.63) is 42.0 Å². The molecule has 1 saturated heterocycles. The molecule has 1 fully saturated rings. The average Bonchev–Trinajstić information content (AvgIpc) is 3.08. The Morgan fingerprint density at radius 1 is 1.28 bits per heavy atom. The number of imidazole rings is 1. The van der Waals surface area contributed by atoms with Gasteiger partial charge in [0.15, 0.2) is 0 Å². The van der Waals surface area contributed by atoms with Crippen LogP contribution >= 0.6 is 0 Å². The Hall–Kier alpha value is -2.05. The minimum absolute atomic E-state index is 0.190. The van der Waals surface area contributed by atoms with Crippen LogP contribution in [0, 0.1) is 5.92 Å². The van der Waals surface area contributed by atoms with Gasteiger partial charge in [-0.05, 0) is 24.8 Å². The van der Waals surface area contributed by atoms with Crippen molar-refractivity contribution in [1.29, 1.82) is 0 Å². The van der Waals surface area contributed by atoms with Crippen molar-refractivity contribution in [3.63, 3.8) is 0 Å². The lowest BCUT2D eigenvalue weighted by Crippen LogP contribution is -2.33. The van der Waals surface area contributed by atoms with E-state index in [1.165, 1.54) is 0 Å². The number of nitrogens with zero attached hydrogens (tertiary/aromatic N) is 2. The highest BCUT2D eigenvalue weighted by atomic mass is 16.5. The third-order valence-electron chi connectivity index (χ3n) is 4.88. The predicted octanol–water partition coefficient (Wildman–Crippen LogP) is 2.69. The lowest BCUT2D eigenvalue weighted by atomic mass is 9.91. The molecule has 0 unspecified atom stereocenters. The summed E-state index contributed by atoms with van der Waals surface area (Å²) in [5.41, 5.74) is 1.11. The Morgan fingerprint density at radius 2 is 2.08 bits per heavy atom. The number of rotatable bonds is 7. The van der Waals surface area contributed by atoms with Crippen molar-refractivity contribution >= 4 is 0 Å². The van der Waals surface area contributed by atoms with Crippen molar-refractivity contribution in [2.24, 2.45) is 13.0 Å². The molecule has 6 nitrogen and oxygen atoms in total. The van der Waals surface area contributed by atoms with Crippen molar-refractivity contribution in [3.8, 4) is 11.5 Å². The first kappa shape index (κ1) is 17.8. The zero-order valence-electron chi connectivity index (χ0n) is 15.2. The van der Waals surface area contributed by atoms with Gasteiger partial charge in [-0.2, -0.15) is 0 Å². The largest absolute Gasteiger partial charge is 0.497 e. The second kappa shape index (κ2) is 8.36. The van der Waals surface area contributed by atoms with E-state index in [0.29, 0.717) is 12.5 Å². The van der Waals surface area contributed by atoms with Gasteiger partial charge < -0.3 is 24.1 Å². The molecular formula is C19H27N3O3. The van der Waals surface area contributed by atoms with Crippen molar-refractivity contribution in [1.82, 2.24) is 14.9 Å². The number of aryl methyl sites for hydroxylation is 1. The zero-order valence-corrected chi connectivity index (χ0v) is 15.2. The van der Waals surface area contributed by atoms with Gasteiger partial charge in [-0.25, -0.2) is 4.98 Å². The molecule has 0 bridgehead atoms. The lowest BCUT2D eigenvalue weighted by Gasteiger charge is -2.31. The molecule has 136 valence electrons. The molecule has 3 rings (SSSR count). The van der Waals surface area contributed by atoms with Gasteiger partial charge in [0, 0.05) is 50.8 Å². The molecule has 0 radical (unpaired) electrons. The molecule has 6 heteroatoms. The van der Waals surface area contributed by atoms with Crippen LogP contribution in [0.15, 0.2) is 30.6 Å². The Balaban J connectivity index is 1.78. The van der Waals surface area contributed by atoms with Gasteiger partial charge in [-0.3, -0.25) is 0 Å². The van der Waals surface area contributed by atoms with Crippen molar-refractivity contribution in [2.75, 3.05) is 27.4 Å². The van der Waals surface area contributed by atoms with E-state index in [2.05, 4.69) is 14.9 Å². The quantitative estimate of drug-likeness (QED) is 0.836. The maximum Gasteiger partial charge on any atom is 0.127 e. The van der Waals surface area contributed by atoms with E-state index in [-0.39, 0.29) is 6.04 Å². The van der Waals surface area contributed by atoms with Crippen LogP contribution in [0.4, 0.5) is 0 Å². The van der Waals surface area contributed by atoms with E-state index in [1.807, 2.05) is 37.6 Å². The number of hydrogen-bond acceptors (Lipinski definition) is 5. The van der Waals surface area contributed by atoms with Crippen molar-refractivity contribution in [2.45, 2.75) is 25.4 Å². The average molecular weight is 345 g/mol. The third kappa shape index (κ3) is 4.14. The van der Waals surface area contributed by atoms with Crippen LogP contribution < -0.4 is 14.8 Å². The fourth-order valence-electron chi connectivity index (χ4n) is 3.41. The summed E-state index contributed by atoms with van der Waals surface area (Å²) in [4.78, 5) is 4.58. The van der Waals surface area contributed by atoms with Crippen LogP contribution in [0.1, 0.15) is 30.3 Å². The highest BCUT2D eigenvalue weighted by Gasteiger charge is 2.28. The van der Waals surface area contributed by atoms with Gasteiger partial charge in [0.2, 0.25) is 0 Å². The molecule has 1 aliphatic heterocycles. The van der Waals surface area contributed by atoms with Crippen molar-refractivity contribution < 1.29 is 14.2 Å². The third-order valence-corrected chi connectivity index (χ3v) is 4.88. The van der Waals surface area contributed by atoms with Gasteiger partial charge in [-0.1, -0.05) is 6.07 Å². The Bertz CT molecular complexity index is 680. The normalized spacial score (nSPS) is 16.6.